The van der Waals surface area contributed by atoms with Gasteiger partial charge in [0.1, 0.15) is 0 Å². The van der Waals surface area contributed by atoms with Crippen LogP contribution in [0.15, 0.2) is 0 Å². The van der Waals surface area contributed by atoms with Crippen LogP contribution < -0.4 is 5.32 Å². The van der Waals surface area contributed by atoms with Crippen molar-refractivity contribution in [1.82, 2.24) is 5.32 Å². The zero-order valence-electron chi connectivity index (χ0n) is 9.88. The monoisotopic (exact) mass is 199 g/mol. The molecule has 2 nitrogen and oxygen atoms in total. The molecule has 0 aromatic rings. The first-order valence-corrected chi connectivity index (χ1v) is 6.12. The van der Waals surface area contributed by atoms with Gasteiger partial charge in [0, 0.05) is 12.6 Å². The second kappa shape index (κ2) is 6.41. The van der Waals surface area contributed by atoms with Crippen LogP contribution in [0, 0.1) is 5.92 Å². The fourth-order valence-corrected chi connectivity index (χ4v) is 1.97. The number of ether oxygens (including phenoxy) is 1. The Labute approximate surface area is 88.4 Å². The van der Waals surface area contributed by atoms with E-state index >= 15 is 0 Å². The van der Waals surface area contributed by atoms with Crippen molar-refractivity contribution >= 4 is 0 Å². The highest BCUT2D eigenvalue weighted by molar-refractivity contribution is 4.79. The molecule has 0 spiro atoms. The maximum absolute atomic E-state index is 5.65. The van der Waals surface area contributed by atoms with Crippen molar-refractivity contribution in [3.8, 4) is 0 Å². The molecule has 0 heterocycles. The highest BCUT2D eigenvalue weighted by Crippen LogP contribution is 2.34. The normalized spacial score (nSPS) is 20.8. The van der Waals surface area contributed by atoms with E-state index in [1.165, 1.54) is 25.7 Å². The molecule has 0 aromatic heterocycles. The van der Waals surface area contributed by atoms with Gasteiger partial charge in [0.2, 0.25) is 0 Å². The largest absolute Gasteiger partial charge is 0.377 e. The second-order valence-corrected chi connectivity index (χ2v) is 4.35. The summed E-state index contributed by atoms with van der Waals surface area (Å²) < 4.78 is 5.65. The maximum atomic E-state index is 5.65. The maximum Gasteiger partial charge on any atom is 0.0699 e. The molecular weight excluding hydrogens is 174 g/mol. The molecule has 1 aliphatic carbocycles. The first-order valence-electron chi connectivity index (χ1n) is 6.12. The van der Waals surface area contributed by atoms with Gasteiger partial charge >= 0.3 is 0 Å². The van der Waals surface area contributed by atoms with Gasteiger partial charge in [-0.15, -0.1) is 0 Å². The molecule has 84 valence electrons. The van der Waals surface area contributed by atoms with Crippen LogP contribution in [-0.2, 0) is 4.74 Å². The van der Waals surface area contributed by atoms with E-state index in [0.29, 0.717) is 12.1 Å². The summed E-state index contributed by atoms with van der Waals surface area (Å²) in [5.41, 5.74) is 0. The number of hydrogen-bond donors (Lipinski definition) is 1. The summed E-state index contributed by atoms with van der Waals surface area (Å²) in [6, 6.07) is 0.556. The van der Waals surface area contributed by atoms with Gasteiger partial charge < -0.3 is 10.1 Å². The summed E-state index contributed by atoms with van der Waals surface area (Å²) in [6.07, 6.45) is 5.94. The van der Waals surface area contributed by atoms with Crippen LogP contribution in [0.1, 0.15) is 46.5 Å². The van der Waals surface area contributed by atoms with Crippen molar-refractivity contribution in [2.75, 3.05) is 13.2 Å². The topological polar surface area (TPSA) is 21.3 Å². The highest BCUT2D eigenvalue weighted by atomic mass is 16.5. The zero-order valence-corrected chi connectivity index (χ0v) is 9.88. The molecule has 0 aliphatic heterocycles. The quantitative estimate of drug-likeness (QED) is 0.649. The molecule has 1 fully saturated rings. The molecule has 14 heavy (non-hydrogen) atoms. The van der Waals surface area contributed by atoms with E-state index in [-0.39, 0.29) is 0 Å². The van der Waals surface area contributed by atoms with E-state index in [1.807, 2.05) is 0 Å². The minimum atomic E-state index is 0.360. The summed E-state index contributed by atoms with van der Waals surface area (Å²) in [5, 5.41) is 3.53. The lowest BCUT2D eigenvalue weighted by atomic mass is 10.0. The SMILES string of the molecule is CCNC(CCC1CC1)C(C)OCC. The predicted octanol–water partition coefficient (Wildman–Crippen LogP) is 2.58. The summed E-state index contributed by atoms with van der Waals surface area (Å²) in [5.74, 6) is 1.03. The molecule has 1 saturated carbocycles. The fourth-order valence-electron chi connectivity index (χ4n) is 1.97. The summed E-state index contributed by atoms with van der Waals surface area (Å²) in [7, 11) is 0. The van der Waals surface area contributed by atoms with Crippen LogP contribution in [-0.4, -0.2) is 25.3 Å². The molecule has 0 radical (unpaired) electrons. The third-order valence-electron chi connectivity index (χ3n) is 3.05. The van der Waals surface area contributed by atoms with Gasteiger partial charge in [0.25, 0.3) is 0 Å². The number of hydrogen-bond acceptors (Lipinski definition) is 2. The Hall–Kier alpha value is -0.0800. The molecule has 1 rings (SSSR count). The Morgan fingerprint density at radius 1 is 1.36 bits per heavy atom. The summed E-state index contributed by atoms with van der Waals surface area (Å²) >= 11 is 0. The average molecular weight is 199 g/mol. The van der Waals surface area contributed by atoms with Crippen molar-refractivity contribution in [3.05, 3.63) is 0 Å². The Morgan fingerprint density at radius 2 is 2.07 bits per heavy atom. The van der Waals surface area contributed by atoms with E-state index in [4.69, 9.17) is 4.74 Å². The van der Waals surface area contributed by atoms with E-state index < -0.39 is 0 Å². The van der Waals surface area contributed by atoms with E-state index in [2.05, 4.69) is 26.1 Å². The van der Waals surface area contributed by atoms with Crippen molar-refractivity contribution in [1.29, 1.82) is 0 Å². The predicted molar refractivity (Wildman–Crippen MR) is 60.5 cm³/mol. The third kappa shape index (κ3) is 4.43. The molecule has 0 amide bonds. The van der Waals surface area contributed by atoms with Crippen LogP contribution in [0.25, 0.3) is 0 Å². The third-order valence-corrected chi connectivity index (χ3v) is 3.05. The number of likely N-dealkylation sites (N-methyl/N-ethyl adjacent to an activating group) is 1. The van der Waals surface area contributed by atoms with Crippen LogP contribution in [0.4, 0.5) is 0 Å². The lowest BCUT2D eigenvalue weighted by Gasteiger charge is -2.24. The van der Waals surface area contributed by atoms with Crippen LogP contribution >= 0.6 is 0 Å². The van der Waals surface area contributed by atoms with Gasteiger partial charge in [0.05, 0.1) is 6.10 Å². The minimum Gasteiger partial charge on any atom is -0.377 e. The van der Waals surface area contributed by atoms with E-state index in [1.54, 1.807) is 0 Å². The van der Waals surface area contributed by atoms with Crippen LogP contribution in [0.5, 0.6) is 0 Å². The first-order chi connectivity index (χ1) is 6.77. The molecule has 2 atom stereocenters. The second-order valence-electron chi connectivity index (χ2n) is 4.35. The smallest absolute Gasteiger partial charge is 0.0699 e. The average Bonchev–Trinajstić information content (AvgIpc) is 2.96. The van der Waals surface area contributed by atoms with Crippen LogP contribution in [0.2, 0.25) is 0 Å². The summed E-state index contributed by atoms with van der Waals surface area (Å²) in [4.78, 5) is 0. The number of rotatable bonds is 8. The van der Waals surface area contributed by atoms with Gasteiger partial charge in [-0.3, -0.25) is 0 Å². The van der Waals surface area contributed by atoms with Gasteiger partial charge in [0.15, 0.2) is 0 Å². The lowest BCUT2D eigenvalue weighted by Crippen LogP contribution is -2.39. The highest BCUT2D eigenvalue weighted by Gasteiger charge is 2.24. The van der Waals surface area contributed by atoms with Crippen molar-refractivity contribution < 1.29 is 4.74 Å². The van der Waals surface area contributed by atoms with Crippen molar-refractivity contribution in [2.45, 2.75) is 58.6 Å². The van der Waals surface area contributed by atoms with Crippen molar-refractivity contribution in [3.63, 3.8) is 0 Å². The van der Waals surface area contributed by atoms with Gasteiger partial charge in [-0.25, -0.2) is 0 Å². The zero-order chi connectivity index (χ0) is 10.4. The Kier molecular flexibility index (Phi) is 5.49. The van der Waals surface area contributed by atoms with E-state index in [0.717, 1.165) is 19.1 Å². The standard InChI is InChI=1S/C12H25NO/c1-4-13-12(10(3)14-5-2)9-8-11-6-7-11/h10-13H,4-9H2,1-3H3. The van der Waals surface area contributed by atoms with Crippen molar-refractivity contribution in [2.24, 2.45) is 5.92 Å². The molecular formula is C12H25NO. The first kappa shape index (κ1) is 12.0. The van der Waals surface area contributed by atoms with E-state index in [9.17, 15) is 0 Å². The molecule has 0 bridgehead atoms. The van der Waals surface area contributed by atoms with Gasteiger partial charge in [-0.05, 0) is 39.2 Å². The molecule has 0 aromatic carbocycles. The fraction of sp³-hybridized carbons (Fsp3) is 1.00. The minimum absolute atomic E-state index is 0.360. The summed E-state index contributed by atoms with van der Waals surface area (Å²) in [6.45, 7) is 8.30. The van der Waals surface area contributed by atoms with Gasteiger partial charge in [-0.2, -0.15) is 0 Å². The Morgan fingerprint density at radius 3 is 2.57 bits per heavy atom. The molecule has 1 N–H and O–H groups in total. The van der Waals surface area contributed by atoms with Crippen LogP contribution in [0.3, 0.4) is 0 Å². The Bertz CT molecular complexity index is 145. The number of nitrogens with one attached hydrogen (secondary N) is 1. The van der Waals surface area contributed by atoms with Gasteiger partial charge in [-0.1, -0.05) is 19.8 Å². The molecule has 1 aliphatic rings. The molecule has 2 unspecified atom stereocenters. The Balaban J connectivity index is 2.20. The lowest BCUT2D eigenvalue weighted by molar-refractivity contribution is 0.0447. The molecule has 2 heteroatoms. The molecule has 0 saturated heterocycles.